The Balaban J connectivity index is 1.52. The molecule has 3 aromatic carbocycles. The first-order valence-corrected chi connectivity index (χ1v) is 11.3. The van der Waals surface area contributed by atoms with E-state index in [1.165, 1.54) is 5.56 Å². The summed E-state index contributed by atoms with van der Waals surface area (Å²) in [5.41, 5.74) is 5.72. The normalized spacial score (nSPS) is 11.1. The molecule has 0 fully saturated rings. The SMILES string of the molecule is Cc1ccc(-c2csc(NCc3nc4ccccc4c(=O)n3-c3ccccc3C)n2)cc1. The lowest BCUT2D eigenvalue weighted by atomic mass is 10.1. The average Bonchev–Trinajstić information content (AvgIpc) is 3.28. The maximum atomic E-state index is 13.4. The van der Waals surface area contributed by atoms with E-state index >= 15 is 0 Å². The minimum absolute atomic E-state index is 0.0683. The minimum atomic E-state index is -0.0683. The van der Waals surface area contributed by atoms with E-state index in [0.29, 0.717) is 23.3 Å². The Bertz CT molecular complexity index is 1470. The van der Waals surface area contributed by atoms with Crippen LogP contribution in [0.15, 0.2) is 83.0 Å². The van der Waals surface area contributed by atoms with Gasteiger partial charge in [0.2, 0.25) is 0 Å². The number of benzene rings is 3. The van der Waals surface area contributed by atoms with Crippen LogP contribution in [0.1, 0.15) is 17.0 Å². The molecule has 5 aromatic rings. The number of hydrogen-bond donors (Lipinski definition) is 1. The first-order valence-electron chi connectivity index (χ1n) is 10.4. The Kier molecular flexibility index (Phi) is 5.29. The fourth-order valence-corrected chi connectivity index (χ4v) is 4.45. The molecule has 0 aliphatic carbocycles. The molecular formula is C26H22N4OS. The van der Waals surface area contributed by atoms with Crippen molar-refractivity contribution in [2.45, 2.75) is 20.4 Å². The number of para-hydroxylation sites is 2. The standard InChI is InChI=1S/C26H22N4OS/c1-17-11-13-19(14-12-17)22-16-32-26(29-22)27-15-24-28-21-9-5-4-8-20(21)25(31)30(24)23-10-6-3-7-18(23)2/h3-14,16H,15H2,1-2H3,(H,27,29). The maximum Gasteiger partial charge on any atom is 0.266 e. The molecule has 5 rings (SSSR count). The van der Waals surface area contributed by atoms with Gasteiger partial charge in [-0.3, -0.25) is 9.36 Å². The lowest BCUT2D eigenvalue weighted by Gasteiger charge is -2.15. The van der Waals surface area contributed by atoms with E-state index in [0.717, 1.165) is 27.6 Å². The average molecular weight is 439 g/mol. The van der Waals surface area contributed by atoms with Crippen molar-refractivity contribution in [2.24, 2.45) is 0 Å². The van der Waals surface area contributed by atoms with Crippen molar-refractivity contribution in [3.63, 3.8) is 0 Å². The maximum absolute atomic E-state index is 13.4. The monoisotopic (exact) mass is 438 g/mol. The smallest absolute Gasteiger partial charge is 0.266 e. The van der Waals surface area contributed by atoms with Gasteiger partial charge in [0.05, 0.1) is 28.8 Å². The fraction of sp³-hybridized carbons (Fsp3) is 0.115. The molecule has 0 aliphatic rings. The van der Waals surface area contributed by atoms with E-state index in [4.69, 9.17) is 9.97 Å². The molecule has 0 aliphatic heterocycles. The van der Waals surface area contributed by atoms with Crippen LogP contribution in [0, 0.1) is 13.8 Å². The second-order valence-corrected chi connectivity index (χ2v) is 8.59. The molecule has 32 heavy (non-hydrogen) atoms. The Morgan fingerprint density at radius 2 is 1.66 bits per heavy atom. The van der Waals surface area contributed by atoms with Gasteiger partial charge in [0.1, 0.15) is 5.82 Å². The van der Waals surface area contributed by atoms with Crippen LogP contribution in [0.2, 0.25) is 0 Å². The molecule has 6 heteroatoms. The Morgan fingerprint density at radius 1 is 0.906 bits per heavy atom. The third-order valence-electron chi connectivity index (χ3n) is 5.45. The molecule has 0 saturated heterocycles. The van der Waals surface area contributed by atoms with Crippen LogP contribution >= 0.6 is 11.3 Å². The van der Waals surface area contributed by atoms with Crippen molar-refractivity contribution in [1.82, 2.24) is 14.5 Å². The number of nitrogens with zero attached hydrogens (tertiary/aromatic N) is 3. The zero-order valence-electron chi connectivity index (χ0n) is 17.9. The van der Waals surface area contributed by atoms with Gasteiger partial charge in [-0.15, -0.1) is 11.3 Å². The van der Waals surface area contributed by atoms with Crippen LogP contribution in [0.5, 0.6) is 0 Å². The zero-order valence-corrected chi connectivity index (χ0v) is 18.7. The first-order chi connectivity index (χ1) is 15.6. The highest BCUT2D eigenvalue weighted by Crippen LogP contribution is 2.26. The van der Waals surface area contributed by atoms with E-state index in [1.807, 2.05) is 60.8 Å². The quantitative estimate of drug-likeness (QED) is 0.380. The van der Waals surface area contributed by atoms with Crippen LogP contribution in [0.25, 0.3) is 27.8 Å². The van der Waals surface area contributed by atoms with Gasteiger partial charge in [0.15, 0.2) is 5.13 Å². The highest BCUT2D eigenvalue weighted by Gasteiger charge is 2.14. The molecule has 0 unspecified atom stereocenters. The van der Waals surface area contributed by atoms with Gasteiger partial charge in [0, 0.05) is 10.9 Å². The third-order valence-corrected chi connectivity index (χ3v) is 6.25. The van der Waals surface area contributed by atoms with Gasteiger partial charge in [0.25, 0.3) is 5.56 Å². The zero-order chi connectivity index (χ0) is 22.1. The molecule has 158 valence electrons. The number of fused-ring (bicyclic) bond motifs is 1. The summed E-state index contributed by atoms with van der Waals surface area (Å²) in [5.74, 6) is 0.648. The van der Waals surface area contributed by atoms with E-state index in [1.54, 1.807) is 15.9 Å². The number of anilines is 1. The van der Waals surface area contributed by atoms with Crippen LogP contribution < -0.4 is 10.9 Å². The van der Waals surface area contributed by atoms with Crippen molar-refractivity contribution < 1.29 is 0 Å². The second-order valence-electron chi connectivity index (χ2n) is 7.73. The highest BCUT2D eigenvalue weighted by molar-refractivity contribution is 7.14. The predicted molar refractivity (Wildman–Crippen MR) is 132 cm³/mol. The number of thiazole rings is 1. The molecule has 0 saturated carbocycles. The topological polar surface area (TPSA) is 59.8 Å². The summed E-state index contributed by atoms with van der Waals surface area (Å²) in [6.07, 6.45) is 0. The lowest BCUT2D eigenvalue weighted by molar-refractivity contribution is 0.834. The summed E-state index contributed by atoms with van der Waals surface area (Å²) >= 11 is 1.54. The number of aromatic nitrogens is 3. The van der Waals surface area contributed by atoms with Gasteiger partial charge in [-0.25, -0.2) is 9.97 Å². The summed E-state index contributed by atoms with van der Waals surface area (Å²) in [6, 6.07) is 23.7. The molecule has 0 atom stereocenters. The molecule has 0 bridgehead atoms. The van der Waals surface area contributed by atoms with E-state index < -0.39 is 0 Å². The number of aryl methyl sites for hydroxylation is 2. The molecule has 2 heterocycles. The van der Waals surface area contributed by atoms with Gasteiger partial charge < -0.3 is 5.32 Å². The summed E-state index contributed by atoms with van der Waals surface area (Å²) < 4.78 is 1.71. The van der Waals surface area contributed by atoms with Crippen molar-refractivity contribution in [3.05, 3.63) is 105 Å². The summed E-state index contributed by atoms with van der Waals surface area (Å²) in [6.45, 7) is 4.46. The Morgan fingerprint density at radius 3 is 2.47 bits per heavy atom. The first kappa shape index (κ1) is 20.2. The van der Waals surface area contributed by atoms with E-state index in [9.17, 15) is 4.79 Å². The molecule has 2 aromatic heterocycles. The lowest BCUT2D eigenvalue weighted by Crippen LogP contribution is -2.26. The van der Waals surface area contributed by atoms with Gasteiger partial charge in [-0.05, 0) is 37.6 Å². The van der Waals surface area contributed by atoms with E-state index in [-0.39, 0.29) is 5.56 Å². The number of nitrogens with one attached hydrogen (secondary N) is 1. The molecule has 0 spiro atoms. The number of rotatable bonds is 5. The molecule has 0 radical (unpaired) electrons. The second kappa shape index (κ2) is 8.40. The predicted octanol–water partition coefficient (Wildman–Crippen LogP) is 5.74. The third kappa shape index (κ3) is 3.81. The molecule has 1 N–H and O–H groups in total. The van der Waals surface area contributed by atoms with Crippen LogP contribution in [-0.4, -0.2) is 14.5 Å². The highest BCUT2D eigenvalue weighted by atomic mass is 32.1. The summed E-state index contributed by atoms with van der Waals surface area (Å²) in [7, 11) is 0. The fourth-order valence-electron chi connectivity index (χ4n) is 3.73. The van der Waals surface area contributed by atoms with Crippen LogP contribution in [0.3, 0.4) is 0 Å². The van der Waals surface area contributed by atoms with Gasteiger partial charge >= 0.3 is 0 Å². The number of hydrogen-bond acceptors (Lipinski definition) is 5. The Labute approximate surface area is 190 Å². The molecule has 5 nitrogen and oxygen atoms in total. The van der Waals surface area contributed by atoms with Crippen molar-refractivity contribution in [1.29, 1.82) is 0 Å². The summed E-state index contributed by atoms with van der Waals surface area (Å²) in [5, 5.41) is 6.80. The van der Waals surface area contributed by atoms with Crippen molar-refractivity contribution in [3.8, 4) is 16.9 Å². The van der Waals surface area contributed by atoms with E-state index in [2.05, 4.69) is 36.5 Å². The van der Waals surface area contributed by atoms with Crippen molar-refractivity contribution in [2.75, 3.05) is 5.32 Å². The summed E-state index contributed by atoms with van der Waals surface area (Å²) in [4.78, 5) is 23.0. The minimum Gasteiger partial charge on any atom is -0.354 e. The van der Waals surface area contributed by atoms with Crippen molar-refractivity contribution >= 4 is 27.4 Å². The molecule has 0 amide bonds. The van der Waals surface area contributed by atoms with Gasteiger partial charge in [-0.1, -0.05) is 60.2 Å². The van der Waals surface area contributed by atoms with Crippen LogP contribution in [0.4, 0.5) is 5.13 Å². The molecular weight excluding hydrogens is 416 g/mol. The van der Waals surface area contributed by atoms with Gasteiger partial charge in [-0.2, -0.15) is 0 Å². The largest absolute Gasteiger partial charge is 0.354 e. The van der Waals surface area contributed by atoms with Crippen LogP contribution in [-0.2, 0) is 6.54 Å². The Hall–Kier alpha value is -3.77.